The molecule has 8 nitrogen and oxygen atoms in total. The summed E-state index contributed by atoms with van der Waals surface area (Å²) in [5.74, 6) is -0.497. The molecule has 0 atom stereocenters. The lowest BCUT2D eigenvalue weighted by molar-refractivity contribution is -0.136. The Morgan fingerprint density at radius 1 is 1.43 bits per heavy atom. The summed E-state index contributed by atoms with van der Waals surface area (Å²) in [6.07, 6.45) is 1.60. The molecule has 0 aliphatic carbocycles. The van der Waals surface area contributed by atoms with Crippen LogP contribution in [-0.4, -0.2) is 51.4 Å². The van der Waals surface area contributed by atoms with E-state index in [-0.39, 0.29) is 23.4 Å². The molecule has 0 spiro atoms. The van der Waals surface area contributed by atoms with Gasteiger partial charge in [0.1, 0.15) is 11.3 Å². The molecule has 0 aliphatic rings. The van der Waals surface area contributed by atoms with E-state index in [4.69, 9.17) is 4.74 Å². The minimum atomic E-state index is -0.497. The number of carbonyl (C=O) groups is 1. The zero-order valence-electron chi connectivity index (χ0n) is 12.2. The SMILES string of the molecule is CCOC(=O)C(=CN(C)C)c1nn2c(=O)c(C)nnc2s1. The number of aromatic nitrogens is 4. The molecule has 2 aromatic rings. The van der Waals surface area contributed by atoms with Gasteiger partial charge in [-0.2, -0.15) is 9.61 Å². The number of ether oxygens (including phenoxy) is 1. The fraction of sp³-hybridized carbons (Fsp3) is 0.417. The van der Waals surface area contributed by atoms with Crippen LogP contribution >= 0.6 is 11.3 Å². The number of esters is 1. The second-order valence-electron chi connectivity index (χ2n) is 4.42. The molecule has 2 aromatic heterocycles. The molecule has 21 heavy (non-hydrogen) atoms. The van der Waals surface area contributed by atoms with Gasteiger partial charge in [0.15, 0.2) is 5.01 Å². The third-order valence-electron chi connectivity index (χ3n) is 2.46. The van der Waals surface area contributed by atoms with Gasteiger partial charge >= 0.3 is 5.97 Å². The minimum Gasteiger partial charge on any atom is -0.462 e. The molecule has 0 bridgehead atoms. The first-order valence-corrected chi connectivity index (χ1v) is 7.04. The molecule has 112 valence electrons. The lowest BCUT2D eigenvalue weighted by Crippen LogP contribution is -2.19. The van der Waals surface area contributed by atoms with E-state index in [1.807, 2.05) is 0 Å². The third-order valence-corrected chi connectivity index (χ3v) is 3.39. The van der Waals surface area contributed by atoms with Crippen molar-refractivity contribution >= 4 is 27.8 Å². The Morgan fingerprint density at radius 3 is 2.76 bits per heavy atom. The maximum Gasteiger partial charge on any atom is 0.342 e. The lowest BCUT2D eigenvalue weighted by Gasteiger charge is -2.08. The molecule has 0 aliphatic heterocycles. The fourth-order valence-electron chi connectivity index (χ4n) is 1.56. The molecule has 0 N–H and O–H groups in total. The topological polar surface area (TPSA) is 89.7 Å². The van der Waals surface area contributed by atoms with Gasteiger partial charge < -0.3 is 9.64 Å². The molecule has 0 aromatic carbocycles. The van der Waals surface area contributed by atoms with Gasteiger partial charge in [0.2, 0.25) is 4.96 Å². The van der Waals surface area contributed by atoms with Crippen LogP contribution in [0.1, 0.15) is 17.6 Å². The van der Waals surface area contributed by atoms with Crippen LogP contribution in [0.4, 0.5) is 0 Å². The number of aryl methyl sites for hydroxylation is 1. The van der Waals surface area contributed by atoms with Crippen molar-refractivity contribution in [1.29, 1.82) is 0 Å². The van der Waals surface area contributed by atoms with E-state index >= 15 is 0 Å². The van der Waals surface area contributed by atoms with Crippen LogP contribution in [0, 0.1) is 6.92 Å². The van der Waals surface area contributed by atoms with E-state index in [9.17, 15) is 9.59 Å². The highest BCUT2D eigenvalue weighted by molar-refractivity contribution is 7.18. The van der Waals surface area contributed by atoms with Crippen molar-refractivity contribution in [3.8, 4) is 0 Å². The average Bonchev–Trinajstić information content (AvgIpc) is 2.85. The molecule has 0 amide bonds. The Kier molecular flexibility index (Phi) is 4.32. The normalized spacial score (nSPS) is 11.7. The first kappa shape index (κ1) is 15.1. The first-order chi connectivity index (χ1) is 9.93. The van der Waals surface area contributed by atoms with E-state index in [2.05, 4.69) is 15.3 Å². The number of rotatable bonds is 4. The van der Waals surface area contributed by atoms with Gasteiger partial charge in [0, 0.05) is 20.3 Å². The minimum absolute atomic E-state index is 0.249. The zero-order chi connectivity index (χ0) is 15.6. The standard InChI is InChI=1S/C12H15N5O3S/c1-5-20-11(19)8(6-16(3)4)9-15-17-10(18)7(2)13-14-12(17)21-9/h6H,5H2,1-4H3. The molecule has 2 heterocycles. The quantitative estimate of drug-likeness (QED) is 0.593. The van der Waals surface area contributed by atoms with E-state index in [1.54, 1.807) is 39.0 Å². The van der Waals surface area contributed by atoms with Crippen LogP contribution in [0.2, 0.25) is 0 Å². The smallest absolute Gasteiger partial charge is 0.342 e. The first-order valence-electron chi connectivity index (χ1n) is 6.23. The lowest BCUT2D eigenvalue weighted by atomic mass is 10.3. The summed E-state index contributed by atoms with van der Waals surface area (Å²) in [5.41, 5.74) is 0.170. The van der Waals surface area contributed by atoms with Gasteiger partial charge in [-0.25, -0.2) is 4.79 Å². The van der Waals surface area contributed by atoms with E-state index in [0.717, 1.165) is 15.9 Å². The van der Waals surface area contributed by atoms with Gasteiger partial charge in [-0.1, -0.05) is 11.3 Å². The van der Waals surface area contributed by atoms with E-state index < -0.39 is 5.97 Å². The number of hydrogen-bond acceptors (Lipinski definition) is 8. The van der Waals surface area contributed by atoms with Crippen LogP contribution in [0.3, 0.4) is 0 Å². The number of fused-ring (bicyclic) bond motifs is 1. The van der Waals surface area contributed by atoms with Crippen molar-refractivity contribution in [3.05, 3.63) is 27.3 Å². The van der Waals surface area contributed by atoms with Crippen LogP contribution in [-0.2, 0) is 9.53 Å². The monoisotopic (exact) mass is 309 g/mol. The Morgan fingerprint density at radius 2 is 2.14 bits per heavy atom. The van der Waals surface area contributed by atoms with Crippen LogP contribution in [0.15, 0.2) is 11.0 Å². The number of carbonyl (C=O) groups excluding carboxylic acids is 1. The summed E-state index contributed by atoms with van der Waals surface area (Å²) in [7, 11) is 3.56. The van der Waals surface area contributed by atoms with Crippen molar-refractivity contribution in [3.63, 3.8) is 0 Å². The van der Waals surface area contributed by atoms with Gasteiger partial charge in [0.25, 0.3) is 5.56 Å². The number of hydrogen-bond donors (Lipinski definition) is 0. The maximum absolute atomic E-state index is 12.0. The predicted molar refractivity (Wildman–Crippen MR) is 78.0 cm³/mol. The third kappa shape index (κ3) is 3.07. The van der Waals surface area contributed by atoms with Gasteiger partial charge in [-0.3, -0.25) is 4.79 Å². The summed E-state index contributed by atoms with van der Waals surface area (Å²) < 4.78 is 6.16. The number of nitrogens with zero attached hydrogens (tertiary/aromatic N) is 5. The zero-order valence-corrected chi connectivity index (χ0v) is 13.0. The molecule has 2 rings (SSSR count). The van der Waals surface area contributed by atoms with Crippen molar-refractivity contribution in [2.75, 3.05) is 20.7 Å². The van der Waals surface area contributed by atoms with Gasteiger partial charge in [-0.15, -0.1) is 10.2 Å². The van der Waals surface area contributed by atoms with E-state index in [0.29, 0.717) is 9.97 Å². The van der Waals surface area contributed by atoms with Gasteiger partial charge in [-0.05, 0) is 13.8 Å². The second kappa shape index (κ2) is 6.00. The van der Waals surface area contributed by atoms with Crippen molar-refractivity contribution in [1.82, 2.24) is 24.7 Å². The largest absolute Gasteiger partial charge is 0.462 e. The highest BCUT2D eigenvalue weighted by atomic mass is 32.1. The second-order valence-corrected chi connectivity index (χ2v) is 5.37. The molecule has 0 unspecified atom stereocenters. The Hall–Kier alpha value is -2.29. The summed E-state index contributed by atoms with van der Waals surface area (Å²) >= 11 is 1.11. The fourth-order valence-corrected chi connectivity index (χ4v) is 2.40. The van der Waals surface area contributed by atoms with Crippen LogP contribution in [0.5, 0.6) is 0 Å². The molecule has 0 fully saturated rings. The van der Waals surface area contributed by atoms with E-state index in [1.165, 1.54) is 0 Å². The summed E-state index contributed by atoms with van der Waals surface area (Å²) in [4.78, 5) is 26.0. The molecule has 0 radical (unpaired) electrons. The van der Waals surface area contributed by atoms with Crippen molar-refractivity contribution in [2.45, 2.75) is 13.8 Å². The maximum atomic E-state index is 12.0. The summed E-state index contributed by atoms with van der Waals surface area (Å²) in [6, 6.07) is 0. The molecular formula is C12H15N5O3S. The Labute approximate surface area is 124 Å². The molecule has 0 saturated heterocycles. The van der Waals surface area contributed by atoms with Crippen LogP contribution in [0.25, 0.3) is 10.5 Å². The molecule has 0 saturated carbocycles. The average molecular weight is 309 g/mol. The summed E-state index contributed by atoms with van der Waals surface area (Å²) in [5, 5.41) is 12.2. The summed E-state index contributed by atoms with van der Waals surface area (Å²) in [6.45, 7) is 3.54. The highest BCUT2D eigenvalue weighted by Crippen LogP contribution is 2.21. The Bertz CT molecular complexity index is 762. The molecular weight excluding hydrogens is 294 g/mol. The van der Waals surface area contributed by atoms with Crippen LogP contribution < -0.4 is 5.56 Å². The molecule has 9 heteroatoms. The predicted octanol–water partition coefficient (Wildman–Crippen LogP) is 0.320. The van der Waals surface area contributed by atoms with Gasteiger partial charge in [0.05, 0.1) is 6.61 Å². The Balaban J connectivity index is 2.58. The van der Waals surface area contributed by atoms with Crippen molar-refractivity contribution < 1.29 is 9.53 Å². The highest BCUT2D eigenvalue weighted by Gasteiger charge is 2.20. The van der Waals surface area contributed by atoms with Crippen molar-refractivity contribution in [2.24, 2.45) is 0 Å².